The molecule has 2 heterocycles. The van der Waals surface area contributed by atoms with Crippen molar-refractivity contribution in [3.8, 4) is 11.5 Å². The van der Waals surface area contributed by atoms with Gasteiger partial charge in [-0.2, -0.15) is 0 Å². The summed E-state index contributed by atoms with van der Waals surface area (Å²) in [5, 5.41) is 3.59. The van der Waals surface area contributed by atoms with Gasteiger partial charge in [0.2, 0.25) is 0 Å². The van der Waals surface area contributed by atoms with Gasteiger partial charge < -0.3 is 10.1 Å². The fourth-order valence-corrected chi connectivity index (χ4v) is 4.00. The number of benzene rings is 1. The summed E-state index contributed by atoms with van der Waals surface area (Å²) in [4.78, 5) is 4.42. The number of nitrogens with zero attached hydrogens (tertiary/aromatic N) is 1. The van der Waals surface area contributed by atoms with Crippen LogP contribution < -0.4 is 10.1 Å². The van der Waals surface area contributed by atoms with Gasteiger partial charge in [0.15, 0.2) is 0 Å². The minimum Gasteiger partial charge on any atom is -0.456 e. The molecule has 1 saturated heterocycles. The van der Waals surface area contributed by atoms with Gasteiger partial charge in [0.25, 0.3) is 0 Å². The summed E-state index contributed by atoms with van der Waals surface area (Å²) in [5.74, 6) is 3.96. The van der Waals surface area contributed by atoms with Crippen LogP contribution in [0, 0.1) is 11.8 Å². The number of nitrogens with one attached hydrogen (secondary N) is 1. The first kappa shape index (κ1) is 13.8. The largest absolute Gasteiger partial charge is 0.456 e. The van der Waals surface area contributed by atoms with Crippen molar-refractivity contribution < 1.29 is 4.74 Å². The third-order valence-corrected chi connectivity index (χ3v) is 5.07. The predicted molar refractivity (Wildman–Crippen MR) is 87.2 cm³/mol. The molecule has 4 rings (SSSR count). The Morgan fingerprint density at radius 2 is 1.91 bits per heavy atom. The van der Waals surface area contributed by atoms with E-state index in [1.54, 1.807) is 6.20 Å². The van der Waals surface area contributed by atoms with Gasteiger partial charge in [-0.3, -0.25) is 4.98 Å². The van der Waals surface area contributed by atoms with Crippen molar-refractivity contribution in [3.63, 3.8) is 0 Å². The van der Waals surface area contributed by atoms with E-state index in [4.69, 9.17) is 4.74 Å². The average molecular weight is 294 g/mol. The normalized spacial score (nSPS) is 27.4. The van der Waals surface area contributed by atoms with E-state index in [9.17, 15) is 0 Å². The van der Waals surface area contributed by atoms with Gasteiger partial charge in [-0.25, -0.2) is 0 Å². The molecule has 1 aliphatic heterocycles. The quantitative estimate of drug-likeness (QED) is 0.930. The van der Waals surface area contributed by atoms with Crippen LogP contribution in [-0.4, -0.2) is 18.1 Å². The third kappa shape index (κ3) is 2.86. The van der Waals surface area contributed by atoms with Crippen LogP contribution >= 0.6 is 0 Å². The Balaban J connectivity index is 1.54. The lowest BCUT2D eigenvalue weighted by atomic mass is 9.69. The Morgan fingerprint density at radius 3 is 2.82 bits per heavy atom. The van der Waals surface area contributed by atoms with Crippen LogP contribution in [0.25, 0.3) is 0 Å². The Labute approximate surface area is 131 Å². The van der Waals surface area contributed by atoms with Gasteiger partial charge in [-0.1, -0.05) is 18.2 Å². The van der Waals surface area contributed by atoms with Crippen LogP contribution in [0.15, 0.2) is 48.8 Å². The van der Waals surface area contributed by atoms with Crippen LogP contribution in [0.5, 0.6) is 11.5 Å². The van der Waals surface area contributed by atoms with Crippen molar-refractivity contribution in [1.29, 1.82) is 0 Å². The lowest BCUT2D eigenvalue weighted by molar-refractivity contribution is 0.179. The molecule has 1 N–H and O–H groups in total. The third-order valence-electron chi connectivity index (χ3n) is 5.07. The molecule has 2 aromatic rings. The van der Waals surface area contributed by atoms with Crippen LogP contribution in [0.1, 0.15) is 30.7 Å². The molecule has 1 saturated carbocycles. The number of ether oxygens (including phenoxy) is 1. The van der Waals surface area contributed by atoms with Crippen LogP contribution in [-0.2, 0) is 0 Å². The smallest absolute Gasteiger partial charge is 0.145 e. The zero-order valence-corrected chi connectivity index (χ0v) is 12.7. The molecule has 22 heavy (non-hydrogen) atoms. The number of pyridine rings is 1. The molecular weight excluding hydrogens is 272 g/mol. The monoisotopic (exact) mass is 294 g/mol. The highest BCUT2D eigenvalue weighted by Gasteiger charge is 2.34. The van der Waals surface area contributed by atoms with E-state index in [2.05, 4.69) is 16.4 Å². The van der Waals surface area contributed by atoms with Crippen LogP contribution in [0.4, 0.5) is 0 Å². The number of aromatic nitrogens is 1. The molecule has 1 aromatic heterocycles. The molecule has 0 radical (unpaired) electrons. The van der Waals surface area contributed by atoms with E-state index >= 15 is 0 Å². The van der Waals surface area contributed by atoms with Crippen LogP contribution in [0.3, 0.4) is 0 Å². The molecule has 2 bridgehead atoms. The second kappa shape index (κ2) is 6.09. The highest BCUT2D eigenvalue weighted by Crippen LogP contribution is 2.42. The first-order valence-electron chi connectivity index (χ1n) is 8.27. The molecule has 3 heteroatoms. The maximum Gasteiger partial charge on any atom is 0.145 e. The molecule has 3 nitrogen and oxygen atoms in total. The molecule has 3 atom stereocenters. The second-order valence-electron chi connectivity index (χ2n) is 6.57. The molecule has 3 unspecified atom stereocenters. The summed E-state index contributed by atoms with van der Waals surface area (Å²) < 4.78 is 5.94. The lowest BCUT2D eigenvalue weighted by Gasteiger charge is -2.40. The number of hydrogen-bond donors (Lipinski definition) is 1. The second-order valence-corrected chi connectivity index (χ2v) is 6.57. The summed E-state index contributed by atoms with van der Waals surface area (Å²) in [7, 11) is 0. The summed E-state index contributed by atoms with van der Waals surface area (Å²) in [6.45, 7) is 2.35. The van der Waals surface area contributed by atoms with Crippen molar-refractivity contribution >= 4 is 0 Å². The molecule has 0 amide bonds. The van der Waals surface area contributed by atoms with Gasteiger partial charge in [0, 0.05) is 6.20 Å². The predicted octanol–water partition coefficient (Wildman–Crippen LogP) is 3.98. The number of hydrogen-bond acceptors (Lipinski definition) is 3. The van der Waals surface area contributed by atoms with Gasteiger partial charge in [0.05, 0.1) is 6.20 Å². The van der Waals surface area contributed by atoms with E-state index in [1.165, 1.54) is 31.4 Å². The topological polar surface area (TPSA) is 34.1 Å². The highest BCUT2D eigenvalue weighted by atomic mass is 16.5. The number of piperidine rings is 1. The molecule has 0 spiro atoms. The average Bonchev–Trinajstić information content (AvgIpc) is 2.56. The molecule has 1 aliphatic carbocycles. The Morgan fingerprint density at radius 1 is 1.00 bits per heavy atom. The number of para-hydroxylation sites is 1. The minimum absolute atomic E-state index is 0.621. The Bertz CT molecular complexity index is 628. The van der Waals surface area contributed by atoms with Gasteiger partial charge in [-0.15, -0.1) is 0 Å². The molecule has 114 valence electrons. The molecule has 2 aliphatic rings. The standard InChI is InChI=1S/C19H22N2O/c1-2-4-17(5-3-1)22-18-9-16(12-21-13-18)19-7-6-14-8-15(19)11-20-10-14/h1-5,9,12-15,19-20H,6-8,10-11H2. The maximum absolute atomic E-state index is 5.94. The molecular formula is C19H22N2O. The number of rotatable bonds is 3. The first-order chi connectivity index (χ1) is 10.9. The SMILES string of the molecule is c1ccc(Oc2cncc(C3CCC4CNCC3C4)c2)cc1. The van der Waals surface area contributed by atoms with Gasteiger partial charge in [0.1, 0.15) is 11.5 Å². The fourth-order valence-electron chi connectivity index (χ4n) is 4.00. The van der Waals surface area contributed by atoms with Gasteiger partial charge >= 0.3 is 0 Å². The van der Waals surface area contributed by atoms with Crippen molar-refractivity contribution in [2.75, 3.05) is 13.1 Å². The van der Waals surface area contributed by atoms with E-state index in [0.29, 0.717) is 5.92 Å². The zero-order chi connectivity index (χ0) is 14.8. The molecule has 2 fully saturated rings. The van der Waals surface area contributed by atoms with E-state index in [-0.39, 0.29) is 0 Å². The highest BCUT2D eigenvalue weighted by molar-refractivity contribution is 5.32. The van der Waals surface area contributed by atoms with E-state index < -0.39 is 0 Å². The fraction of sp³-hybridized carbons (Fsp3) is 0.421. The Hall–Kier alpha value is -1.87. The van der Waals surface area contributed by atoms with Crippen molar-refractivity contribution in [2.24, 2.45) is 11.8 Å². The van der Waals surface area contributed by atoms with Crippen molar-refractivity contribution in [3.05, 3.63) is 54.4 Å². The van der Waals surface area contributed by atoms with Crippen molar-refractivity contribution in [1.82, 2.24) is 10.3 Å². The lowest BCUT2D eigenvalue weighted by Crippen LogP contribution is -2.42. The Kier molecular flexibility index (Phi) is 3.81. The zero-order valence-electron chi connectivity index (χ0n) is 12.7. The van der Waals surface area contributed by atoms with E-state index in [0.717, 1.165) is 29.9 Å². The number of fused-ring (bicyclic) bond motifs is 2. The molecule has 1 aromatic carbocycles. The van der Waals surface area contributed by atoms with Crippen molar-refractivity contribution in [2.45, 2.75) is 25.2 Å². The van der Waals surface area contributed by atoms with Crippen LogP contribution in [0.2, 0.25) is 0 Å². The summed E-state index contributed by atoms with van der Waals surface area (Å²) in [6.07, 6.45) is 7.81. The first-order valence-corrected chi connectivity index (χ1v) is 8.27. The summed E-state index contributed by atoms with van der Waals surface area (Å²) >= 11 is 0. The summed E-state index contributed by atoms with van der Waals surface area (Å²) in [5.41, 5.74) is 1.33. The summed E-state index contributed by atoms with van der Waals surface area (Å²) in [6, 6.07) is 12.1. The van der Waals surface area contributed by atoms with E-state index in [1.807, 2.05) is 36.5 Å². The minimum atomic E-state index is 0.621. The maximum atomic E-state index is 5.94. The van der Waals surface area contributed by atoms with Gasteiger partial charge in [-0.05, 0) is 73.9 Å².